The van der Waals surface area contributed by atoms with E-state index in [2.05, 4.69) is 30.3 Å². The summed E-state index contributed by atoms with van der Waals surface area (Å²) in [4.78, 5) is 28.6. The molecule has 2 N–H and O–H groups in total. The fourth-order valence-electron chi connectivity index (χ4n) is 5.88. The van der Waals surface area contributed by atoms with Crippen LogP contribution in [0.25, 0.3) is 0 Å². The molecular weight excluding hydrogens is 392 g/mol. The van der Waals surface area contributed by atoms with Gasteiger partial charge >= 0.3 is 0 Å². The summed E-state index contributed by atoms with van der Waals surface area (Å²) in [5.41, 5.74) is 6.00. The van der Waals surface area contributed by atoms with Crippen LogP contribution in [0.3, 0.4) is 0 Å². The maximum Gasteiger partial charge on any atom is 0.238 e. The quantitative estimate of drug-likeness (QED) is 0.501. The minimum Gasteiger partial charge on any atom is -0.595 e. The molecule has 7 rings (SSSR count). The van der Waals surface area contributed by atoms with E-state index in [9.17, 15) is 20.0 Å². The first-order valence-corrected chi connectivity index (χ1v) is 10.4. The van der Waals surface area contributed by atoms with Gasteiger partial charge < -0.3 is 5.21 Å². The highest BCUT2D eigenvalue weighted by Crippen LogP contribution is 2.61. The van der Waals surface area contributed by atoms with Gasteiger partial charge in [-0.3, -0.25) is 9.59 Å². The van der Waals surface area contributed by atoms with Crippen molar-refractivity contribution in [1.82, 2.24) is 0 Å². The van der Waals surface area contributed by atoms with Gasteiger partial charge in [-0.25, -0.2) is 10.1 Å². The Morgan fingerprint density at radius 2 is 1.42 bits per heavy atom. The lowest BCUT2D eigenvalue weighted by Crippen LogP contribution is -2.99. The minimum atomic E-state index is -1.09. The lowest BCUT2D eigenvalue weighted by atomic mass is 9.55. The van der Waals surface area contributed by atoms with Gasteiger partial charge in [0.2, 0.25) is 11.8 Å². The van der Waals surface area contributed by atoms with Gasteiger partial charge in [0, 0.05) is 24.0 Å². The van der Waals surface area contributed by atoms with Crippen molar-refractivity contribution in [3.8, 4) is 0 Å². The second kappa shape index (κ2) is 6.34. The number of aryl methyl sites for hydroxylation is 1. The number of carbonyl (C=O) groups is 2. The Bertz CT molecular complexity index is 1270. The Kier molecular flexibility index (Phi) is 3.77. The minimum absolute atomic E-state index is 0.0538. The average molecular weight is 412 g/mol. The predicted octanol–water partition coefficient (Wildman–Crippen LogP) is 2.80. The van der Waals surface area contributed by atoms with Crippen LogP contribution in [0, 0.1) is 24.0 Å². The van der Waals surface area contributed by atoms with Gasteiger partial charge in [-0.05, 0) is 35.2 Å². The number of rotatable bonds is 2. The standard InChI is InChI=1S/C25H20N2O4/c1-13-9-10-18-19(11-13)21-17-8-3-2-7-16(17)20(18)22-23(21)25(29)26(24(22)28)14-5-4-6-15(12-14)27(30)31/h2-12,20-23,27,30H,1H3. The lowest BCUT2D eigenvalue weighted by Gasteiger charge is -2.46. The summed E-state index contributed by atoms with van der Waals surface area (Å²) in [6.07, 6.45) is 0. The molecule has 6 heteroatoms. The van der Waals surface area contributed by atoms with E-state index >= 15 is 0 Å². The van der Waals surface area contributed by atoms with Crippen molar-refractivity contribution in [2.45, 2.75) is 18.8 Å². The zero-order chi connectivity index (χ0) is 21.4. The molecule has 4 aliphatic rings. The molecular formula is C25H20N2O4. The van der Waals surface area contributed by atoms with Crippen molar-refractivity contribution in [2.75, 3.05) is 4.90 Å². The summed E-state index contributed by atoms with van der Waals surface area (Å²) in [5, 5.41) is 19.7. The molecule has 31 heavy (non-hydrogen) atoms. The summed E-state index contributed by atoms with van der Waals surface area (Å²) < 4.78 is 0. The summed E-state index contributed by atoms with van der Waals surface area (Å²) >= 11 is 0. The Labute approximate surface area is 178 Å². The fourth-order valence-corrected chi connectivity index (χ4v) is 5.88. The van der Waals surface area contributed by atoms with E-state index in [1.807, 2.05) is 19.1 Å². The average Bonchev–Trinajstić information content (AvgIpc) is 3.04. The van der Waals surface area contributed by atoms with Crippen molar-refractivity contribution in [3.05, 3.63) is 99.8 Å². The van der Waals surface area contributed by atoms with Gasteiger partial charge in [0.1, 0.15) is 0 Å². The number of benzene rings is 3. The normalized spacial score (nSPS) is 26.5. The number of anilines is 1. The molecule has 2 amide bonds. The number of quaternary nitrogens is 1. The first kappa shape index (κ1) is 18.4. The number of carbonyl (C=O) groups excluding carboxylic acids is 2. The van der Waals surface area contributed by atoms with Crippen LogP contribution in [0.5, 0.6) is 0 Å². The maximum atomic E-state index is 13.7. The van der Waals surface area contributed by atoms with Crippen molar-refractivity contribution in [3.63, 3.8) is 0 Å². The molecule has 1 saturated heterocycles. The van der Waals surface area contributed by atoms with E-state index in [1.54, 1.807) is 12.1 Å². The number of nitrogens with one attached hydrogen (secondary N) is 1. The number of imide groups is 1. The second-order valence-electron chi connectivity index (χ2n) is 8.64. The van der Waals surface area contributed by atoms with E-state index in [0.29, 0.717) is 5.69 Å². The Morgan fingerprint density at radius 3 is 2.06 bits per heavy atom. The number of nitrogens with zero attached hydrogens (tertiary/aromatic N) is 1. The topological polar surface area (TPSA) is 85.1 Å². The number of hydrogen-bond donors (Lipinski definition) is 2. The first-order chi connectivity index (χ1) is 15.0. The highest BCUT2D eigenvalue weighted by molar-refractivity contribution is 6.23. The van der Waals surface area contributed by atoms with Crippen molar-refractivity contribution in [2.24, 2.45) is 11.8 Å². The van der Waals surface area contributed by atoms with Crippen molar-refractivity contribution in [1.29, 1.82) is 0 Å². The molecule has 2 bridgehead atoms. The summed E-state index contributed by atoms with van der Waals surface area (Å²) in [7, 11) is 0. The van der Waals surface area contributed by atoms with Gasteiger partial charge in [-0.1, -0.05) is 54.1 Å². The second-order valence-corrected chi connectivity index (χ2v) is 8.64. The van der Waals surface area contributed by atoms with Gasteiger partial charge in [-0.2, -0.15) is 5.23 Å². The molecule has 3 aromatic carbocycles. The van der Waals surface area contributed by atoms with Crippen LogP contribution >= 0.6 is 0 Å². The molecule has 3 aliphatic carbocycles. The van der Waals surface area contributed by atoms with Gasteiger partial charge in [0.05, 0.1) is 17.5 Å². The third-order valence-electron chi connectivity index (χ3n) is 7.05. The molecule has 6 nitrogen and oxygen atoms in total. The van der Waals surface area contributed by atoms with Crippen LogP contribution in [0.4, 0.5) is 11.4 Å². The molecule has 0 saturated carbocycles. The molecule has 1 aliphatic heterocycles. The van der Waals surface area contributed by atoms with Crippen LogP contribution in [0.15, 0.2) is 66.7 Å². The largest absolute Gasteiger partial charge is 0.595 e. The zero-order valence-corrected chi connectivity index (χ0v) is 16.8. The van der Waals surface area contributed by atoms with Crippen LogP contribution in [0.2, 0.25) is 0 Å². The highest BCUT2D eigenvalue weighted by Gasteiger charge is 2.61. The Morgan fingerprint density at radius 1 is 0.806 bits per heavy atom. The van der Waals surface area contributed by atoms with Crippen LogP contribution in [-0.2, 0) is 9.59 Å². The van der Waals surface area contributed by atoms with Gasteiger partial charge in [-0.15, -0.1) is 0 Å². The molecule has 154 valence electrons. The Balaban J connectivity index is 1.54. The lowest BCUT2D eigenvalue weighted by molar-refractivity contribution is -0.991. The van der Waals surface area contributed by atoms with Gasteiger partial charge in [0.15, 0.2) is 5.69 Å². The highest BCUT2D eigenvalue weighted by atomic mass is 16.8. The van der Waals surface area contributed by atoms with Crippen LogP contribution in [-0.4, -0.2) is 17.0 Å². The fraction of sp³-hybridized carbons (Fsp3) is 0.200. The molecule has 0 radical (unpaired) electrons. The van der Waals surface area contributed by atoms with E-state index in [4.69, 9.17) is 0 Å². The first-order valence-electron chi connectivity index (χ1n) is 10.4. The summed E-state index contributed by atoms with van der Waals surface area (Å²) in [6, 6.07) is 20.5. The molecule has 0 aromatic heterocycles. The smallest absolute Gasteiger partial charge is 0.238 e. The van der Waals surface area contributed by atoms with E-state index in [1.165, 1.54) is 17.0 Å². The number of amides is 2. The predicted molar refractivity (Wildman–Crippen MR) is 113 cm³/mol. The monoisotopic (exact) mass is 412 g/mol. The molecule has 5 unspecified atom stereocenters. The van der Waals surface area contributed by atoms with Crippen molar-refractivity contribution < 1.29 is 20.0 Å². The van der Waals surface area contributed by atoms with Crippen LogP contribution < -0.4 is 10.1 Å². The maximum absolute atomic E-state index is 13.7. The third kappa shape index (κ3) is 2.38. The SMILES string of the molecule is Cc1ccc2c(c1)C1c3ccccc3C2C2C(=O)N(c3cccc([NH+]([O-])O)c3)C(=O)C12. The Hall–Kier alpha value is -3.32. The van der Waals surface area contributed by atoms with Crippen LogP contribution in [0.1, 0.15) is 39.7 Å². The van der Waals surface area contributed by atoms with E-state index in [0.717, 1.165) is 27.8 Å². The summed E-state index contributed by atoms with van der Waals surface area (Å²) in [6.45, 7) is 2.04. The third-order valence-corrected chi connectivity index (χ3v) is 7.05. The van der Waals surface area contributed by atoms with Gasteiger partial charge in [0.25, 0.3) is 0 Å². The molecule has 1 heterocycles. The molecule has 1 fully saturated rings. The summed E-state index contributed by atoms with van der Waals surface area (Å²) in [5.74, 6) is -1.79. The molecule has 0 spiro atoms. The van der Waals surface area contributed by atoms with E-state index in [-0.39, 0.29) is 29.3 Å². The molecule has 5 atom stereocenters. The molecule has 3 aromatic rings. The number of hydrogen-bond acceptors (Lipinski definition) is 4. The van der Waals surface area contributed by atoms with Crippen molar-refractivity contribution >= 4 is 23.2 Å². The van der Waals surface area contributed by atoms with E-state index < -0.39 is 17.1 Å². The zero-order valence-electron chi connectivity index (χ0n) is 16.8.